The van der Waals surface area contributed by atoms with Gasteiger partial charge in [-0.15, -0.1) is 0 Å². The molecule has 1 aromatic carbocycles. The fourth-order valence-electron chi connectivity index (χ4n) is 1.97. The summed E-state index contributed by atoms with van der Waals surface area (Å²) in [5, 5.41) is 0. The summed E-state index contributed by atoms with van der Waals surface area (Å²) in [6.45, 7) is 2.30. The molecular weight excluding hydrogens is 264 g/mol. The maximum Gasteiger partial charge on any atom is 0.338 e. The van der Waals surface area contributed by atoms with Gasteiger partial charge in [0.1, 0.15) is 6.61 Å². The summed E-state index contributed by atoms with van der Waals surface area (Å²) in [6, 6.07) is 7.77. The van der Waals surface area contributed by atoms with E-state index in [-0.39, 0.29) is 5.97 Å². The topological polar surface area (TPSA) is 32.8 Å². The molecule has 0 N–H and O–H groups in total. The molecule has 0 aliphatic heterocycles. The first-order valence-electron chi connectivity index (χ1n) is 7.54. The van der Waals surface area contributed by atoms with Gasteiger partial charge in [0.05, 0.1) is 5.56 Å². The summed E-state index contributed by atoms with van der Waals surface area (Å²) < 4.78 is 5.22. The van der Waals surface area contributed by atoms with E-state index in [4.69, 9.17) is 4.74 Å². The normalized spacial score (nSPS) is 11.1. The number of hydrogen-bond acceptors (Lipinski definition) is 4. The quantitative estimate of drug-likeness (QED) is 0.516. The Balaban J connectivity index is 2.34. The number of esters is 1. The lowest BCUT2D eigenvalue weighted by atomic mass is 10.1. The molecule has 0 heterocycles. The van der Waals surface area contributed by atoms with Crippen molar-refractivity contribution in [1.29, 1.82) is 0 Å². The van der Waals surface area contributed by atoms with Crippen LogP contribution in [0.1, 0.15) is 28.8 Å². The molecule has 0 fully saturated rings. The maximum atomic E-state index is 11.8. The SMILES string of the molecule is CN(C)CCCCc1ccc(C(=O)OCCN(C)C)cc1. The summed E-state index contributed by atoms with van der Waals surface area (Å²) in [7, 11) is 8.10. The highest BCUT2D eigenvalue weighted by molar-refractivity contribution is 5.89. The average Bonchev–Trinajstić information content (AvgIpc) is 2.43. The molecule has 0 atom stereocenters. The van der Waals surface area contributed by atoms with Gasteiger partial charge in [-0.25, -0.2) is 4.79 Å². The molecule has 0 aliphatic rings. The van der Waals surface area contributed by atoms with Gasteiger partial charge in [-0.1, -0.05) is 12.1 Å². The third-order valence-corrected chi connectivity index (χ3v) is 3.28. The van der Waals surface area contributed by atoms with Crippen molar-refractivity contribution in [3.8, 4) is 0 Å². The van der Waals surface area contributed by atoms with E-state index in [2.05, 4.69) is 19.0 Å². The number of nitrogens with zero attached hydrogens (tertiary/aromatic N) is 2. The molecule has 0 radical (unpaired) electrons. The standard InChI is InChI=1S/C17H28N2O2/c1-18(2)12-6-5-7-15-8-10-16(11-9-15)17(20)21-14-13-19(3)4/h8-11H,5-7,12-14H2,1-4H3. The second-order valence-electron chi connectivity index (χ2n) is 5.90. The van der Waals surface area contributed by atoms with Crippen LogP contribution in [0.25, 0.3) is 0 Å². The van der Waals surface area contributed by atoms with Gasteiger partial charge >= 0.3 is 5.97 Å². The second-order valence-corrected chi connectivity index (χ2v) is 5.90. The highest BCUT2D eigenvalue weighted by atomic mass is 16.5. The number of hydrogen-bond donors (Lipinski definition) is 0. The van der Waals surface area contributed by atoms with Crippen molar-refractivity contribution in [3.05, 3.63) is 35.4 Å². The Morgan fingerprint density at radius 3 is 2.14 bits per heavy atom. The number of carbonyl (C=O) groups excluding carboxylic acids is 1. The number of carbonyl (C=O) groups is 1. The van der Waals surface area contributed by atoms with E-state index >= 15 is 0 Å². The molecule has 0 amide bonds. The highest BCUT2D eigenvalue weighted by Gasteiger charge is 2.06. The Labute approximate surface area is 128 Å². The van der Waals surface area contributed by atoms with Gasteiger partial charge in [-0.05, 0) is 71.7 Å². The predicted octanol–water partition coefficient (Wildman–Crippen LogP) is 2.29. The monoisotopic (exact) mass is 292 g/mol. The minimum atomic E-state index is -0.240. The molecule has 0 unspecified atom stereocenters. The van der Waals surface area contributed by atoms with Gasteiger partial charge < -0.3 is 14.5 Å². The second kappa shape index (κ2) is 9.53. The van der Waals surface area contributed by atoms with Gasteiger partial charge in [0.25, 0.3) is 0 Å². The van der Waals surface area contributed by atoms with Crippen LogP contribution in [0.2, 0.25) is 0 Å². The van der Waals surface area contributed by atoms with Crippen LogP contribution in [0.4, 0.5) is 0 Å². The van der Waals surface area contributed by atoms with Gasteiger partial charge in [0.15, 0.2) is 0 Å². The Morgan fingerprint density at radius 2 is 1.57 bits per heavy atom. The van der Waals surface area contributed by atoms with Crippen LogP contribution in [0.3, 0.4) is 0 Å². The molecule has 4 heteroatoms. The van der Waals surface area contributed by atoms with Gasteiger partial charge in [-0.2, -0.15) is 0 Å². The van der Waals surface area contributed by atoms with Crippen molar-refractivity contribution < 1.29 is 9.53 Å². The van der Waals surface area contributed by atoms with Crippen molar-refractivity contribution in [3.63, 3.8) is 0 Å². The number of ether oxygens (including phenoxy) is 1. The van der Waals surface area contributed by atoms with Crippen molar-refractivity contribution in [1.82, 2.24) is 9.80 Å². The zero-order valence-corrected chi connectivity index (χ0v) is 13.8. The maximum absolute atomic E-state index is 11.8. The van der Waals surface area contributed by atoms with E-state index < -0.39 is 0 Å². The summed E-state index contributed by atoms with van der Waals surface area (Å²) >= 11 is 0. The Morgan fingerprint density at radius 1 is 0.952 bits per heavy atom. The summed E-state index contributed by atoms with van der Waals surface area (Å²) in [5.74, 6) is -0.240. The first-order chi connectivity index (χ1) is 9.99. The molecule has 0 saturated carbocycles. The number of likely N-dealkylation sites (N-methyl/N-ethyl adjacent to an activating group) is 1. The molecule has 0 aliphatic carbocycles. The van der Waals surface area contributed by atoms with Crippen LogP contribution in [-0.2, 0) is 11.2 Å². The van der Waals surface area contributed by atoms with Crippen molar-refractivity contribution in [2.45, 2.75) is 19.3 Å². The van der Waals surface area contributed by atoms with Gasteiger partial charge in [0, 0.05) is 6.54 Å². The van der Waals surface area contributed by atoms with Gasteiger partial charge in [-0.3, -0.25) is 0 Å². The molecular formula is C17H28N2O2. The summed E-state index contributed by atoms with van der Waals surface area (Å²) in [4.78, 5) is 16.0. The van der Waals surface area contributed by atoms with Crippen LogP contribution in [-0.4, -0.2) is 63.7 Å². The lowest BCUT2D eigenvalue weighted by molar-refractivity contribution is 0.0482. The van der Waals surface area contributed by atoms with E-state index in [0.717, 1.165) is 19.5 Å². The third-order valence-electron chi connectivity index (χ3n) is 3.28. The number of rotatable bonds is 9. The van der Waals surface area contributed by atoms with Crippen LogP contribution >= 0.6 is 0 Å². The van der Waals surface area contributed by atoms with Crippen molar-refractivity contribution in [2.75, 3.05) is 47.9 Å². The smallest absolute Gasteiger partial charge is 0.338 e. The lowest BCUT2D eigenvalue weighted by Crippen LogP contribution is -2.20. The molecule has 0 saturated heterocycles. The first-order valence-corrected chi connectivity index (χ1v) is 7.54. The van der Waals surface area contributed by atoms with E-state index in [1.807, 2.05) is 43.3 Å². The third kappa shape index (κ3) is 7.83. The number of aryl methyl sites for hydroxylation is 1. The predicted molar refractivity (Wildman–Crippen MR) is 86.8 cm³/mol. The zero-order chi connectivity index (χ0) is 15.7. The van der Waals surface area contributed by atoms with Crippen LogP contribution in [0, 0.1) is 0 Å². The van der Waals surface area contributed by atoms with Crippen LogP contribution in [0.5, 0.6) is 0 Å². The number of unbranched alkanes of at least 4 members (excludes halogenated alkanes) is 1. The minimum Gasteiger partial charge on any atom is -0.461 e. The zero-order valence-electron chi connectivity index (χ0n) is 13.8. The first kappa shape index (κ1) is 17.7. The molecule has 1 aromatic rings. The molecule has 0 spiro atoms. The molecule has 4 nitrogen and oxygen atoms in total. The van der Waals surface area contributed by atoms with Crippen molar-refractivity contribution in [2.24, 2.45) is 0 Å². The van der Waals surface area contributed by atoms with Crippen LogP contribution < -0.4 is 0 Å². The van der Waals surface area contributed by atoms with E-state index in [9.17, 15) is 4.79 Å². The van der Waals surface area contributed by atoms with E-state index in [1.54, 1.807) is 0 Å². The van der Waals surface area contributed by atoms with Crippen molar-refractivity contribution >= 4 is 5.97 Å². The Hall–Kier alpha value is -1.39. The summed E-state index contributed by atoms with van der Waals surface area (Å²) in [6.07, 6.45) is 3.43. The summed E-state index contributed by atoms with van der Waals surface area (Å²) in [5.41, 5.74) is 1.91. The van der Waals surface area contributed by atoms with E-state index in [0.29, 0.717) is 12.2 Å². The highest BCUT2D eigenvalue weighted by Crippen LogP contribution is 2.09. The molecule has 0 aromatic heterocycles. The average molecular weight is 292 g/mol. The molecule has 118 valence electrons. The number of benzene rings is 1. The molecule has 0 bridgehead atoms. The van der Waals surface area contributed by atoms with Crippen LogP contribution in [0.15, 0.2) is 24.3 Å². The molecule has 1 rings (SSSR count). The van der Waals surface area contributed by atoms with Gasteiger partial charge in [0.2, 0.25) is 0 Å². The Kier molecular flexibility index (Phi) is 8.01. The lowest BCUT2D eigenvalue weighted by Gasteiger charge is -2.10. The largest absolute Gasteiger partial charge is 0.461 e. The fraction of sp³-hybridized carbons (Fsp3) is 0.588. The molecule has 21 heavy (non-hydrogen) atoms. The minimum absolute atomic E-state index is 0.240. The fourth-order valence-corrected chi connectivity index (χ4v) is 1.97. The van der Waals surface area contributed by atoms with E-state index in [1.165, 1.54) is 18.4 Å². The Bertz CT molecular complexity index is 413.